The molecule has 2 rings (SSSR count). The molecule has 4 nitrogen and oxygen atoms in total. The van der Waals surface area contributed by atoms with Crippen molar-refractivity contribution < 1.29 is 0 Å². The van der Waals surface area contributed by atoms with Gasteiger partial charge in [-0.1, -0.05) is 13.8 Å². The number of nitrogens with two attached hydrogens (primary N) is 1. The molecule has 0 bridgehead atoms. The lowest BCUT2D eigenvalue weighted by Gasteiger charge is -2.39. The topological polar surface area (TPSA) is 55.0 Å². The van der Waals surface area contributed by atoms with E-state index in [1.54, 1.807) is 6.20 Å². The number of anilines is 2. The van der Waals surface area contributed by atoms with E-state index < -0.39 is 0 Å². The lowest BCUT2D eigenvalue weighted by atomic mass is 9.75. The highest BCUT2D eigenvalue weighted by Gasteiger charge is 2.29. The quantitative estimate of drug-likeness (QED) is 0.854. The summed E-state index contributed by atoms with van der Waals surface area (Å²) in [6, 6.07) is 2.51. The van der Waals surface area contributed by atoms with Crippen LogP contribution in [0.3, 0.4) is 0 Å². The molecular formula is C13H22N4. The van der Waals surface area contributed by atoms with Crippen LogP contribution in [-0.4, -0.2) is 23.1 Å². The third-order valence-corrected chi connectivity index (χ3v) is 3.88. The first-order valence-corrected chi connectivity index (χ1v) is 6.29. The largest absolute Gasteiger partial charge is 0.368 e. The molecule has 17 heavy (non-hydrogen) atoms. The SMILES string of the molecule is CN(c1ccnc(N)n1)C1CCC(C)(C)CC1. The molecule has 0 radical (unpaired) electrons. The van der Waals surface area contributed by atoms with Crippen molar-refractivity contribution in [3.05, 3.63) is 12.3 Å². The van der Waals surface area contributed by atoms with Crippen LogP contribution in [-0.2, 0) is 0 Å². The van der Waals surface area contributed by atoms with E-state index in [1.807, 2.05) is 6.07 Å². The van der Waals surface area contributed by atoms with Crippen LogP contribution < -0.4 is 10.6 Å². The summed E-state index contributed by atoms with van der Waals surface area (Å²) in [5.41, 5.74) is 6.12. The van der Waals surface area contributed by atoms with Crippen LogP contribution in [0.1, 0.15) is 39.5 Å². The molecule has 0 saturated heterocycles. The van der Waals surface area contributed by atoms with Gasteiger partial charge in [0.05, 0.1) is 0 Å². The minimum atomic E-state index is 0.352. The Bertz CT molecular complexity index is 379. The fourth-order valence-corrected chi connectivity index (χ4v) is 2.52. The molecule has 0 unspecified atom stereocenters. The van der Waals surface area contributed by atoms with Crippen molar-refractivity contribution in [3.8, 4) is 0 Å². The predicted molar refractivity (Wildman–Crippen MR) is 70.9 cm³/mol. The minimum absolute atomic E-state index is 0.352. The van der Waals surface area contributed by atoms with Gasteiger partial charge in [-0.05, 0) is 37.2 Å². The molecule has 0 aromatic carbocycles. The molecule has 1 heterocycles. The fourth-order valence-electron chi connectivity index (χ4n) is 2.52. The maximum absolute atomic E-state index is 5.62. The van der Waals surface area contributed by atoms with Gasteiger partial charge in [-0.15, -0.1) is 0 Å². The highest BCUT2D eigenvalue weighted by molar-refractivity contribution is 5.41. The summed E-state index contributed by atoms with van der Waals surface area (Å²) in [5, 5.41) is 0. The minimum Gasteiger partial charge on any atom is -0.368 e. The summed E-state index contributed by atoms with van der Waals surface area (Å²) in [6.07, 6.45) is 6.74. The van der Waals surface area contributed by atoms with Crippen LogP contribution in [0.5, 0.6) is 0 Å². The van der Waals surface area contributed by atoms with E-state index in [9.17, 15) is 0 Å². The molecule has 1 aromatic heterocycles. The maximum atomic E-state index is 5.62. The normalized spacial score (nSPS) is 20.2. The third-order valence-electron chi connectivity index (χ3n) is 3.88. The first-order valence-electron chi connectivity index (χ1n) is 6.29. The second-order valence-corrected chi connectivity index (χ2v) is 5.78. The van der Waals surface area contributed by atoms with E-state index >= 15 is 0 Å². The van der Waals surface area contributed by atoms with Gasteiger partial charge in [0.25, 0.3) is 0 Å². The second-order valence-electron chi connectivity index (χ2n) is 5.78. The fraction of sp³-hybridized carbons (Fsp3) is 0.692. The van der Waals surface area contributed by atoms with E-state index in [4.69, 9.17) is 5.73 Å². The molecule has 0 spiro atoms. The Morgan fingerprint density at radius 1 is 1.35 bits per heavy atom. The van der Waals surface area contributed by atoms with Crippen LogP contribution in [0.25, 0.3) is 0 Å². The maximum Gasteiger partial charge on any atom is 0.221 e. The van der Waals surface area contributed by atoms with Gasteiger partial charge in [0.2, 0.25) is 5.95 Å². The van der Waals surface area contributed by atoms with Crippen molar-refractivity contribution >= 4 is 11.8 Å². The summed E-state index contributed by atoms with van der Waals surface area (Å²) in [6.45, 7) is 4.71. The zero-order valence-corrected chi connectivity index (χ0v) is 11.0. The molecule has 1 aliphatic carbocycles. The van der Waals surface area contributed by atoms with Crippen LogP contribution in [0.4, 0.5) is 11.8 Å². The summed E-state index contributed by atoms with van der Waals surface area (Å²) >= 11 is 0. The Kier molecular flexibility index (Phi) is 3.22. The highest BCUT2D eigenvalue weighted by atomic mass is 15.2. The number of hydrogen-bond acceptors (Lipinski definition) is 4. The Labute approximate surface area is 103 Å². The number of nitrogen functional groups attached to an aromatic ring is 1. The van der Waals surface area contributed by atoms with Crippen LogP contribution >= 0.6 is 0 Å². The molecule has 0 atom stereocenters. The van der Waals surface area contributed by atoms with Crippen LogP contribution in [0, 0.1) is 5.41 Å². The summed E-state index contributed by atoms with van der Waals surface area (Å²) in [7, 11) is 2.10. The summed E-state index contributed by atoms with van der Waals surface area (Å²) in [5.74, 6) is 1.28. The van der Waals surface area contributed by atoms with Gasteiger partial charge in [-0.3, -0.25) is 0 Å². The van der Waals surface area contributed by atoms with Gasteiger partial charge >= 0.3 is 0 Å². The number of nitrogens with zero attached hydrogens (tertiary/aromatic N) is 3. The molecule has 0 aliphatic heterocycles. The van der Waals surface area contributed by atoms with Crippen molar-refractivity contribution in [2.24, 2.45) is 5.41 Å². The first-order chi connectivity index (χ1) is 7.98. The van der Waals surface area contributed by atoms with E-state index in [0.717, 1.165) is 5.82 Å². The Morgan fingerprint density at radius 2 is 2.00 bits per heavy atom. The third kappa shape index (κ3) is 2.87. The van der Waals surface area contributed by atoms with Crippen molar-refractivity contribution in [3.63, 3.8) is 0 Å². The smallest absolute Gasteiger partial charge is 0.221 e. The molecule has 2 N–H and O–H groups in total. The zero-order chi connectivity index (χ0) is 12.5. The van der Waals surface area contributed by atoms with Gasteiger partial charge in [0.15, 0.2) is 0 Å². The summed E-state index contributed by atoms with van der Waals surface area (Å²) in [4.78, 5) is 10.5. The molecule has 1 aliphatic rings. The highest BCUT2D eigenvalue weighted by Crippen LogP contribution is 2.37. The monoisotopic (exact) mass is 234 g/mol. The second kappa shape index (κ2) is 4.51. The zero-order valence-electron chi connectivity index (χ0n) is 11.0. The Morgan fingerprint density at radius 3 is 2.59 bits per heavy atom. The average Bonchev–Trinajstić information content (AvgIpc) is 2.28. The number of rotatable bonds is 2. The Balaban J connectivity index is 2.04. The first kappa shape index (κ1) is 12.1. The van der Waals surface area contributed by atoms with E-state index in [-0.39, 0.29) is 0 Å². The molecule has 0 amide bonds. The standard InChI is InChI=1S/C13H22N4/c1-13(2)7-4-10(5-8-13)17(3)11-6-9-15-12(14)16-11/h6,9-10H,4-5,7-8H2,1-3H3,(H2,14,15,16). The van der Waals surface area contributed by atoms with Crippen molar-refractivity contribution in [2.75, 3.05) is 17.7 Å². The Hall–Kier alpha value is -1.32. The van der Waals surface area contributed by atoms with Crippen LogP contribution in [0.2, 0.25) is 0 Å². The van der Waals surface area contributed by atoms with Crippen LogP contribution in [0.15, 0.2) is 12.3 Å². The van der Waals surface area contributed by atoms with E-state index in [2.05, 4.69) is 35.8 Å². The van der Waals surface area contributed by atoms with Gasteiger partial charge in [-0.25, -0.2) is 4.98 Å². The van der Waals surface area contributed by atoms with E-state index in [0.29, 0.717) is 17.4 Å². The predicted octanol–water partition coefficient (Wildman–Crippen LogP) is 2.46. The van der Waals surface area contributed by atoms with Crippen molar-refractivity contribution in [1.82, 2.24) is 9.97 Å². The lowest BCUT2D eigenvalue weighted by molar-refractivity contribution is 0.222. The van der Waals surface area contributed by atoms with Gasteiger partial charge in [-0.2, -0.15) is 4.98 Å². The summed E-state index contributed by atoms with van der Waals surface area (Å²) < 4.78 is 0. The van der Waals surface area contributed by atoms with Gasteiger partial charge < -0.3 is 10.6 Å². The molecule has 4 heteroatoms. The molecule has 94 valence electrons. The average molecular weight is 234 g/mol. The van der Waals surface area contributed by atoms with E-state index in [1.165, 1.54) is 25.7 Å². The lowest BCUT2D eigenvalue weighted by Crippen LogP contribution is -2.37. The molecular weight excluding hydrogens is 212 g/mol. The molecule has 1 saturated carbocycles. The molecule has 1 aromatic rings. The number of hydrogen-bond donors (Lipinski definition) is 1. The van der Waals surface area contributed by atoms with Gasteiger partial charge in [0, 0.05) is 19.3 Å². The van der Waals surface area contributed by atoms with Crippen molar-refractivity contribution in [2.45, 2.75) is 45.6 Å². The van der Waals surface area contributed by atoms with Crippen molar-refractivity contribution in [1.29, 1.82) is 0 Å². The molecule has 1 fully saturated rings. The number of aromatic nitrogens is 2. The van der Waals surface area contributed by atoms with Gasteiger partial charge in [0.1, 0.15) is 5.82 Å².